The molecule has 31 heavy (non-hydrogen) atoms. The van der Waals surface area contributed by atoms with E-state index in [9.17, 15) is 17.6 Å². The van der Waals surface area contributed by atoms with E-state index in [2.05, 4.69) is 10.5 Å². The lowest BCUT2D eigenvalue weighted by molar-refractivity contribution is 0.0729. The summed E-state index contributed by atoms with van der Waals surface area (Å²) in [6.45, 7) is 2.72. The third kappa shape index (κ3) is 4.50. The van der Waals surface area contributed by atoms with Crippen LogP contribution in [0.5, 0.6) is 0 Å². The fraction of sp³-hybridized carbons (Fsp3) is 0.238. The average molecular weight is 445 g/mol. The summed E-state index contributed by atoms with van der Waals surface area (Å²) < 4.78 is 51.3. The van der Waals surface area contributed by atoms with Crippen molar-refractivity contribution < 1.29 is 26.9 Å². The van der Waals surface area contributed by atoms with Gasteiger partial charge >= 0.3 is 0 Å². The first kappa shape index (κ1) is 21.2. The molecule has 0 radical (unpaired) electrons. The molecule has 0 atom stereocenters. The van der Waals surface area contributed by atoms with E-state index in [0.717, 1.165) is 27.6 Å². The van der Waals surface area contributed by atoms with Gasteiger partial charge in [-0.3, -0.25) is 4.79 Å². The summed E-state index contributed by atoms with van der Waals surface area (Å²) in [5.74, 6) is -1.59. The number of hydrogen-bond acceptors (Lipinski definition) is 6. The molecule has 1 N–H and O–H groups in total. The van der Waals surface area contributed by atoms with Gasteiger partial charge in [0, 0.05) is 30.4 Å². The van der Waals surface area contributed by atoms with Gasteiger partial charge < -0.3 is 14.6 Å². The molecule has 1 aliphatic rings. The maximum atomic E-state index is 14.3. The van der Waals surface area contributed by atoms with Gasteiger partial charge in [-0.05, 0) is 25.1 Å². The van der Waals surface area contributed by atoms with E-state index in [1.165, 1.54) is 12.1 Å². The Balaban J connectivity index is 1.54. The summed E-state index contributed by atoms with van der Waals surface area (Å²) in [6.07, 6.45) is 0. The highest BCUT2D eigenvalue weighted by Crippen LogP contribution is 2.25. The number of carbonyl (C=O) groups excluding carboxylic acids is 1. The van der Waals surface area contributed by atoms with Crippen LogP contribution in [0.15, 0.2) is 57.9 Å². The van der Waals surface area contributed by atoms with Gasteiger partial charge in [0.1, 0.15) is 16.4 Å². The fourth-order valence-electron chi connectivity index (χ4n) is 3.14. The summed E-state index contributed by atoms with van der Waals surface area (Å²) in [7, 11) is -4.06. The van der Waals surface area contributed by atoms with Gasteiger partial charge in [0.2, 0.25) is 15.8 Å². The van der Waals surface area contributed by atoms with Crippen molar-refractivity contribution in [2.75, 3.05) is 31.6 Å². The summed E-state index contributed by atoms with van der Waals surface area (Å²) in [6, 6.07) is 12.4. The number of benzene rings is 2. The van der Waals surface area contributed by atoms with Crippen LogP contribution in [-0.4, -0.2) is 50.1 Å². The molecule has 2 aromatic carbocycles. The third-order valence-electron chi connectivity index (χ3n) is 4.86. The van der Waals surface area contributed by atoms with Crippen LogP contribution in [0.4, 0.5) is 10.1 Å². The highest BCUT2D eigenvalue weighted by molar-refractivity contribution is 7.89. The first-order valence-corrected chi connectivity index (χ1v) is 11.0. The minimum atomic E-state index is -4.06. The molecule has 0 aliphatic carbocycles. The number of aromatic nitrogens is 1. The van der Waals surface area contributed by atoms with Crippen molar-refractivity contribution in [1.82, 2.24) is 9.46 Å². The number of aryl methyl sites for hydroxylation is 1. The van der Waals surface area contributed by atoms with Crippen molar-refractivity contribution >= 4 is 21.6 Å². The van der Waals surface area contributed by atoms with Gasteiger partial charge in [0.15, 0.2) is 0 Å². The van der Waals surface area contributed by atoms with Crippen molar-refractivity contribution in [2.45, 2.75) is 11.8 Å². The van der Waals surface area contributed by atoms with E-state index >= 15 is 0 Å². The standard InChI is InChI=1S/C21H20FN3O5S/c1-14-2-4-15(5-3-14)18-13-19(30-24-18)21(26)23-16-6-7-17(22)20(12-16)31(27,28)25-8-10-29-11-9-25/h2-7,12-13H,8-11H2,1H3,(H,23,26). The van der Waals surface area contributed by atoms with E-state index < -0.39 is 26.6 Å². The average Bonchev–Trinajstić information content (AvgIpc) is 3.26. The summed E-state index contributed by atoms with van der Waals surface area (Å²) >= 11 is 0. The molecule has 1 saturated heterocycles. The molecule has 0 unspecified atom stereocenters. The van der Waals surface area contributed by atoms with Gasteiger partial charge in [-0.1, -0.05) is 35.0 Å². The number of carbonyl (C=O) groups is 1. The van der Waals surface area contributed by atoms with Crippen LogP contribution in [0.25, 0.3) is 11.3 Å². The lowest BCUT2D eigenvalue weighted by Gasteiger charge is -2.26. The van der Waals surface area contributed by atoms with Crippen LogP contribution < -0.4 is 5.32 Å². The Hall–Kier alpha value is -3.08. The smallest absolute Gasteiger partial charge is 0.294 e. The minimum absolute atomic E-state index is 0.0579. The van der Waals surface area contributed by atoms with Crippen LogP contribution >= 0.6 is 0 Å². The maximum absolute atomic E-state index is 14.3. The SMILES string of the molecule is Cc1ccc(-c2cc(C(=O)Nc3ccc(F)c(S(=O)(=O)N4CCOCC4)c3)on2)cc1. The molecule has 162 valence electrons. The zero-order valence-corrected chi connectivity index (χ0v) is 17.5. The number of ether oxygens (including phenoxy) is 1. The maximum Gasteiger partial charge on any atom is 0.294 e. The monoisotopic (exact) mass is 445 g/mol. The molecule has 1 fully saturated rings. The number of anilines is 1. The molecular formula is C21H20FN3O5S. The summed E-state index contributed by atoms with van der Waals surface area (Å²) in [5.41, 5.74) is 2.48. The minimum Gasteiger partial charge on any atom is -0.379 e. The number of nitrogens with zero attached hydrogens (tertiary/aromatic N) is 2. The third-order valence-corrected chi connectivity index (χ3v) is 6.77. The second-order valence-electron chi connectivity index (χ2n) is 7.06. The summed E-state index contributed by atoms with van der Waals surface area (Å²) in [4.78, 5) is 12.0. The number of amides is 1. The Labute approximate surface area is 178 Å². The molecule has 0 bridgehead atoms. The van der Waals surface area contributed by atoms with Gasteiger partial charge in [0.25, 0.3) is 5.91 Å². The van der Waals surface area contributed by atoms with Crippen molar-refractivity contribution in [3.63, 3.8) is 0 Å². The number of morpholine rings is 1. The summed E-state index contributed by atoms with van der Waals surface area (Å²) in [5, 5.41) is 6.43. The van der Waals surface area contributed by atoms with Gasteiger partial charge in [-0.25, -0.2) is 12.8 Å². The predicted octanol–water partition coefficient (Wildman–Crippen LogP) is 3.06. The fourth-order valence-corrected chi connectivity index (χ4v) is 4.64. The van der Waals surface area contributed by atoms with Crippen LogP contribution in [0, 0.1) is 12.7 Å². The number of rotatable bonds is 5. The molecule has 1 aromatic heterocycles. The lowest BCUT2D eigenvalue weighted by Crippen LogP contribution is -2.40. The predicted molar refractivity (Wildman–Crippen MR) is 111 cm³/mol. The molecule has 1 aliphatic heterocycles. The van der Waals surface area contributed by atoms with Gasteiger partial charge in [-0.2, -0.15) is 4.31 Å². The largest absolute Gasteiger partial charge is 0.379 e. The molecule has 1 amide bonds. The highest BCUT2D eigenvalue weighted by atomic mass is 32.2. The van der Waals surface area contributed by atoms with Gasteiger partial charge in [-0.15, -0.1) is 0 Å². The number of sulfonamides is 1. The molecule has 0 spiro atoms. The highest BCUT2D eigenvalue weighted by Gasteiger charge is 2.29. The molecule has 10 heteroatoms. The molecule has 0 saturated carbocycles. The quantitative estimate of drug-likeness (QED) is 0.648. The van der Waals surface area contributed by atoms with Crippen LogP contribution in [0.2, 0.25) is 0 Å². The van der Waals surface area contributed by atoms with Crippen molar-refractivity contribution in [3.05, 3.63) is 65.7 Å². The number of nitrogens with one attached hydrogen (secondary N) is 1. The number of hydrogen-bond donors (Lipinski definition) is 1. The van der Waals surface area contributed by atoms with Gasteiger partial charge in [0.05, 0.1) is 13.2 Å². The number of halogens is 1. The molecule has 3 aromatic rings. The normalized spacial score (nSPS) is 15.0. The van der Waals surface area contributed by atoms with Crippen molar-refractivity contribution in [1.29, 1.82) is 0 Å². The molecule has 4 rings (SSSR count). The molecule has 8 nitrogen and oxygen atoms in total. The van der Waals surface area contributed by atoms with Crippen LogP contribution in [0.1, 0.15) is 16.1 Å². The lowest BCUT2D eigenvalue weighted by atomic mass is 10.1. The Morgan fingerprint density at radius 2 is 1.81 bits per heavy atom. The van der Waals surface area contributed by atoms with E-state index in [1.807, 2.05) is 31.2 Å². The second-order valence-corrected chi connectivity index (χ2v) is 8.96. The van der Waals surface area contributed by atoms with Crippen LogP contribution in [0.3, 0.4) is 0 Å². The van der Waals surface area contributed by atoms with E-state index in [0.29, 0.717) is 5.69 Å². The first-order valence-electron chi connectivity index (χ1n) is 9.57. The molecule has 2 heterocycles. The van der Waals surface area contributed by atoms with Crippen molar-refractivity contribution in [3.8, 4) is 11.3 Å². The zero-order valence-electron chi connectivity index (χ0n) is 16.7. The van der Waals surface area contributed by atoms with E-state index in [-0.39, 0.29) is 37.8 Å². The van der Waals surface area contributed by atoms with E-state index in [1.54, 1.807) is 0 Å². The Kier molecular flexibility index (Phi) is 5.86. The zero-order chi connectivity index (χ0) is 22.0. The Morgan fingerprint density at radius 3 is 2.52 bits per heavy atom. The Bertz CT molecular complexity index is 1200. The Morgan fingerprint density at radius 1 is 1.10 bits per heavy atom. The second kappa shape index (κ2) is 8.58. The van der Waals surface area contributed by atoms with E-state index in [4.69, 9.17) is 9.26 Å². The van der Waals surface area contributed by atoms with Crippen LogP contribution in [-0.2, 0) is 14.8 Å². The topological polar surface area (TPSA) is 102 Å². The first-order chi connectivity index (χ1) is 14.8. The molecular weight excluding hydrogens is 425 g/mol. The van der Waals surface area contributed by atoms with Crippen molar-refractivity contribution in [2.24, 2.45) is 0 Å².